The molecule has 2 aromatic rings. The van der Waals surface area contributed by atoms with Crippen molar-refractivity contribution < 1.29 is 19.4 Å². The van der Waals surface area contributed by atoms with Crippen LogP contribution in [0.4, 0.5) is 5.69 Å². The molecule has 0 saturated carbocycles. The third kappa shape index (κ3) is 4.10. The fourth-order valence-corrected chi connectivity index (χ4v) is 1.85. The number of H-pyrrole nitrogens is 1. The first kappa shape index (κ1) is 14.6. The summed E-state index contributed by atoms with van der Waals surface area (Å²) >= 11 is 0. The number of carboxylic acid groups (broad SMARTS) is 1. The van der Waals surface area contributed by atoms with Gasteiger partial charge in [0, 0.05) is 5.69 Å². The van der Waals surface area contributed by atoms with Gasteiger partial charge in [0.2, 0.25) is 5.91 Å². The molecular formula is C15H16N2O4. The molecule has 0 atom stereocenters. The van der Waals surface area contributed by atoms with Crippen LogP contribution in [0, 0.1) is 6.92 Å². The highest BCUT2D eigenvalue weighted by Gasteiger charge is 2.15. The summed E-state index contributed by atoms with van der Waals surface area (Å²) in [6.07, 6.45) is 0.137. The summed E-state index contributed by atoms with van der Waals surface area (Å²) in [4.78, 5) is 25.5. The lowest BCUT2D eigenvalue weighted by molar-refractivity contribution is -0.116. The van der Waals surface area contributed by atoms with Crippen LogP contribution in [0.5, 0.6) is 5.75 Å². The van der Waals surface area contributed by atoms with Crippen molar-refractivity contribution in [3.8, 4) is 5.75 Å². The van der Waals surface area contributed by atoms with Gasteiger partial charge in [0.15, 0.2) is 0 Å². The largest absolute Gasteiger partial charge is 0.493 e. The van der Waals surface area contributed by atoms with Crippen molar-refractivity contribution in [1.82, 2.24) is 4.98 Å². The molecule has 110 valence electrons. The van der Waals surface area contributed by atoms with Gasteiger partial charge in [-0.1, -0.05) is 18.2 Å². The molecule has 21 heavy (non-hydrogen) atoms. The number of hydrogen-bond donors (Lipinski definition) is 3. The van der Waals surface area contributed by atoms with E-state index in [9.17, 15) is 9.59 Å². The van der Waals surface area contributed by atoms with E-state index >= 15 is 0 Å². The molecule has 3 N–H and O–H groups in total. The van der Waals surface area contributed by atoms with Gasteiger partial charge in [-0.3, -0.25) is 4.79 Å². The van der Waals surface area contributed by atoms with Gasteiger partial charge >= 0.3 is 5.97 Å². The number of ether oxygens (including phenoxy) is 1. The second-order valence-corrected chi connectivity index (χ2v) is 4.51. The molecule has 1 amide bonds. The predicted molar refractivity (Wildman–Crippen MR) is 77.7 cm³/mol. The van der Waals surface area contributed by atoms with Crippen molar-refractivity contribution in [1.29, 1.82) is 0 Å². The topological polar surface area (TPSA) is 91.4 Å². The number of carboxylic acids is 1. The Balaban J connectivity index is 1.86. The summed E-state index contributed by atoms with van der Waals surface area (Å²) in [6.45, 7) is 1.95. The minimum absolute atomic E-state index is 0.0233. The van der Waals surface area contributed by atoms with E-state index in [0.717, 1.165) is 0 Å². The van der Waals surface area contributed by atoms with E-state index in [1.165, 1.54) is 0 Å². The van der Waals surface area contributed by atoms with E-state index in [4.69, 9.17) is 9.84 Å². The van der Waals surface area contributed by atoms with Gasteiger partial charge in [-0.2, -0.15) is 0 Å². The van der Waals surface area contributed by atoms with Crippen molar-refractivity contribution in [3.05, 3.63) is 47.8 Å². The predicted octanol–water partition coefficient (Wildman–Crippen LogP) is 2.43. The molecule has 0 aliphatic carbocycles. The molecule has 1 aromatic carbocycles. The van der Waals surface area contributed by atoms with Gasteiger partial charge in [0.25, 0.3) is 0 Å². The maximum Gasteiger partial charge on any atom is 0.354 e. The minimum Gasteiger partial charge on any atom is -0.493 e. The van der Waals surface area contributed by atoms with Crippen LogP contribution in [-0.2, 0) is 4.79 Å². The molecule has 6 heteroatoms. The van der Waals surface area contributed by atoms with E-state index < -0.39 is 5.97 Å². The molecule has 0 saturated heterocycles. The van der Waals surface area contributed by atoms with E-state index in [1.807, 2.05) is 18.2 Å². The van der Waals surface area contributed by atoms with Crippen molar-refractivity contribution in [2.24, 2.45) is 0 Å². The zero-order chi connectivity index (χ0) is 15.2. The van der Waals surface area contributed by atoms with Crippen LogP contribution >= 0.6 is 0 Å². The molecule has 0 fully saturated rings. The average molecular weight is 288 g/mol. The number of rotatable bonds is 6. The van der Waals surface area contributed by atoms with Crippen molar-refractivity contribution >= 4 is 17.6 Å². The van der Waals surface area contributed by atoms with Crippen LogP contribution in [0.2, 0.25) is 0 Å². The number of benzene rings is 1. The maximum absolute atomic E-state index is 11.8. The Morgan fingerprint density at radius 3 is 2.67 bits per heavy atom. The van der Waals surface area contributed by atoms with E-state index in [-0.39, 0.29) is 30.3 Å². The maximum atomic E-state index is 11.8. The van der Waals surface area contributed by atoms with Gasteiger partial charge in [0.05, 0.1) is 18.7 Å². The summed E-state index contributed by atoms with van der Waals surface area (Å²) in [7, 11) is 0. The number of amides is 1. The number of nitrogens with one attached hydrogen (secondary N) is 2. The zero-order valence-electron chi connectivity index (χ0n) is 11.6. The van der Waals surface area contributed by atoms with Gasteiger partial charge < -0.3 is 20.1 Å². The second-order valence-electron chi connectivity index (χ2n) is 4.51. The van der Waals surface area contributed by atoms with Gasteiger partial charge in [-0.05, 0) is 25.1 Å². The Kier molecular flexibility index (Phi) is 4.61. The van der Waals surface area contributed by atoms with Crippen molar-refractivity contribution in [2.75, 3.05) is 11.9 Å². The van der Waals surface area contributed by atoms with Crippen LogP contribution < -0.4 is 10.1 Å². The summed E-state index contributed by atoms with van der Waals surface area (Å²) < 4.78 is 5.41. The number of hydrogen-bond acceptors (Lipinski definition) is 3. The number of anilines is 1. The number of carbonyl (C=O) groups excluding carboxylic acids is 1. The normalized spacial score (nSPS) is 10.1. The highest BCUT2D eigenvalue weighted by molar-refractivity contribution is 5.99. The fourth-order valence-electron chi connectivity index (χ4n) is 1.85. The first-order valence-corrected chi connectivity index (χ1v) is 6.47. The van der Waals surface area contributed by atoms with E-state index in [2.05, 4.69) is 10.3 Å². The highest BCUT2D eigenvalue weighted by atomic mass is 16.5. The van der Waals surface area contributed by atoms with Crippen LogP contribution in [0.15, 0.2) is 36.4 Å². The summed E-state index contributed by atoms with van der Waals surface area (Å²) in [5, 5.41) is 11.6. The Morgan fingerprint density at radius 1 is 1.29 bits per heavy atom. The molecule has 2 rings (SSSR count). The lowest BCUT2D eigenvalue weighted by Gasteiger charge is -2.06. The number of aryl methyl sites for hydroxylation is 1. The number of aromatic nitrogens is 1. The van der Waals surface area contributed by atoms with Crippen LogP contribution in [-0.4, -0.2) is 28.6 Å². The van der Waals surface area contributed by atoms with Gasteiger partial charge in [-0.25, -0.2) is 4.79 Å². The summed E-state index contributed by atoms with van der Waals surface area (Å²) in [5.41, 5.74) is 0.915. The lowest BCUT2D eigenvalue weighted by Crippen LogP contribution is -2.16. The van der Waals surface area contributed by atoms with E-state index in [0.29, 0.717) is 11.4 Å². The lowest BCUT2D eigenvalue weighted by atomic mass is 10.3. The average Bonchev–Trinajstić information content (AvgIpc) is 2.81. The first-order valence-electron chi connectivity index (χ1n) is 6.47. The van der Waals surface area contributed by atoms with Crippen molar-refractivity contribution in [3.63, 3.8) is 0 Å². The molecule has 0 bridgehead atoms. The number of para-hydroxylation sites is 1. The van der Waals surface area contributed by atoms with Gasteiger partial charge in [0.1, 0.15) is 11.4 Å². The van der Waals surface area contributed by atoms with Crippen molar-refractivity contribution in [2.45, 2.75) is 13.3 Å². The SMILES string of the molecule is Cc1cc(NC(=O)CCOc2ccccc2)c(C(=O)O)[nH]1. The number of aromatic carboxylic acids is 1. The second kappa shape index (κ2) is 6.60. The Bertz CT molecular complexity index is 634. The minimum atomic E-state index is -1.11. The van der Waals surface area contributed by atoms with Crippen LogP contribution in [0.25, 0.3) is 0 Å². The fraction of sp³-hybridized carbons (Fsp3) is 0.200. The summed E-state index contributed by atoms with van der Waals surface area (Å²) in [5.74, 6) is -0.722. The Labute approximate surface area is 121 Å². The third-order valence-electron chi connectivity index (χ3n) is 2.78. The monoisotopic (exact) mass is 288 g/mol. The molecule has 0 spiro atoms. The smallest absolute Gasteiger partial charge is 0.354 e. The molecule has 0 aliphatic heterocycles. The van der Waals surface area contributed by atoms with Gasteiger partial charge in [-0.15, -0.1) is 0 Å². The van der Waals surface area contributed by atoms with E-state index in [1.54, 1.807) is 25.1 Å². The molecule has 0 aliphatic rings. The molecule has 1 aromatic heterocycles. The molecule has 0 radical (unpaired) electrons. The Hall–Kier alpha value is -2.76. The zero-order valence-corrected chi connectivity index (χ0v) is 11.6. The molecule has 1 heterocycles. The number of carbonyl (C=O) groups is 2. The highest BCUT2D eigenvalue weighted by Crippen LogP contribution is 2.17. The van der Waals surface area contributed by atoms with Crippen LogP contribution in [0.1, 0.15) is 22.6 Å². The molecule has 6 nitrogen and oxygen atoms in total. The summed E-state index contributed by atoms with van der Waals surface area (Å²) in [6, 6.07) is 10.8. The molecule has 0 unspecified atom stereocenters. The van der Waals surface area contributed by atoms with Crippen LogP contribution in [0.3, 0.4) is 0 Å². The quantitative estimate of drug-likeness (QED) is 0.761. The first-order chi connectivity index (χ1) is 10.1. The number of aromatic amines is 1. The third-order valence-corrected chi connectivity index (χ3v) is 2.78. The Morgan fingerprint density at radius 2 is 2.00 bits per heavy atom. The standard InChI is InChI=1S/C15H16N2O4/c1-10-9-12(14(16-10)15(19)20)17-13(18)7-8-21-11-5-3-2-4-6-11/h2-6,9,16H,7-8H2,1H3,(H,17,18)(H,19,20). The molecular weight excluding hydrogens is 272 g/mol.